The minimum atomic E-state index is -0.983. The van der Waals surface area contributed by atoms with Gasteiger partial charge in [-0.2, -0.15) is 0 Å². The lowest BCUT2D eigenvalue weighted by Crippen LogP contribution is -2.06. The number of rotatable bonds is 3. The van der Waals surface area contributed by atoms with Gasteiger partial charge in [0.1, 0.15) is 0 Å². The van der Waals surface area contributed by atoms with Crippen LogP contribution in [0.1, 0.15) is 29.0 Å². The first kappa shape index (κ1) is 8.22. The van der Waals surface area contributed by atoms with Crippen molar-refractivity contribution in [3.63, 3.8) is 0 Å². The third-order valence-corrected chi connectivity index (χ3v) is 2.32. The van der Waals surface area contributed by atoms with Gasteiger partial charge in [-0.1, -0.05) is 5.21 Å². The average molecular weight is 181 g/mol. The van der Waals surface area contributed by atoms with Gasteiger partial charge in [0.05, 0.1) is 5.69 Å². The Morgan fingerprint density at radius 1 is 1.69 bits per heavy atom. The van der Waals surface area contributed by atoms with Crippen LogP contribution in [0.15, 0.2) is 0 Å². The molecule has 1 saturated carbocycles. The molecule has 1 N–H and O–H groups in total. The molecule has 1 fully saturated rings. The number of aromatic carboxylic acids is 1. The molecule has 1 aromatic rings. The third kappa shape index (κ3) is 1.54. The van der Waals surface area contributed by atoms with Gasteiger partial charge in [-0.05, 0) is 25.2 Å². The van der Waals surface area contributed by atoms with E-state index in [0.717, 1.165) is 12.1 Å². The zero-order chi connectivity index (χ0) is 9.42. The van der Waals surface area contributed by atoms with Crippen LogP contribution in [0.4, 0.5) is 0 Å². The summed E-state index contributed by atoms with van der Waals surface area (Å²) in [5.41, 5.74) is 0.851. The second kappa shape index (κ2) is 2.83. The second-order valence-corrected chi connectivity index (χ2v) is 3.46. The molecule has 0 amide bonds. The fourth-order valence-corrected chi connectivity index (χ4v) is 1.37. The molecule has 0 aliphatic heterocycles. The van der Waals surface area contributed by atoms with E-state index in [1.807, 2.05) is 0 Å². The molecule has 0 unspecified atom stereocenters. The van der Waals surface area contributed by atoms with E-state index in [1.165, 1.54) is 12.8 Å². The normalized spacial score (nSPS) is 16.1. The number of nitrogens with zero attached hydrogens (tertiary/aromatic N) is 3. The van der Waals surface area contributed by atoms with Crippen LogP contribution in [-0.2, 0) is 13.5 Å². The molecule has 1 aliphatic carbocycles. The first-order valence-corrected chi connectivity index (χ1v) is 4.30. The summed E-state index contributed by atoms with van der Waals surface area (Å²) in [4.78, 5) is 10.7. The molecule has 0 bridgehead atoms. The molecular formula is C8H11N3O2. The summed E-state index contributed by atoms with van der Waals surface area (Å²) in [6.45, 7) is 0. The quantitative estimate of drug-likeness (QED) is 0.735. The van der Waals surface area contributed by atoms with Gasteiger partial charge in [-0.3, -0.25) is 4.68 Å². The monoisotopic (exact) mass is 181 g/mol. The van der Waals surface area contributed by atoms with Crippen LogP contribution >= 0.6 is 0 Å². The van der Waals surface area contributed by atoms with E-state index in [1.54, 1.807) is 11.7 Å². The van der Waals surface area contributed by atoms with Gasteiger partial charge in [0.25, 0.3) is 0 Å². The zero-order valence-electron chi connectivity index (χ0n) is 7.40. The number of aryl methyl sites for hydroxylation is 1. The zero-order valence-corrected chi connectivity index (χ0v) is 7.40. The van der Waals surface area contributed by atoms with E-state index in [4.69, 9.17) is 5.11 Å². The van der Waals surface area contributed by atoms with Crippen molar-refractivity contribution < 1.29 is 9.90 Å². The van der Waals surface area contributed by atoms with Crippen LogP contribution in [0.25, 0.3) is 0 Å². The maximum Gasteiger partial charge on any atom is 0.358 e. The van der Waals surface area contributed by atoms with Crippen molar-refractivity contribution in [1.29, 1.82) is 0 Å². The predicted molar refractivity (Wildman–Crippen MR) is 44.4 cm³/mol. The Hall–Kier alpha value is -1.39. The first-order chi connectivity index (χ1) is 6.18. The highest BCUT2D eigenvalue weighted by Gasteiger charge is 2.27. The minimum Gasteiger partial charge on any atom is -0.476 e. The van der Waals surface area contributed by atoms with Crippen LogP contribution in [0.5, 0.6) is 0 Å². The molecule has 0 radical (unpaired) electrons. The fourth-order valence-electron chi connectivity index (χ4n) is 1.37. The molecule has 1 aliphatic rings. The third-order valence-electron chi connectivity index (χ3n) is 2.32. The van der Waals surface area contributed by atoms with Gasteiger partial charge in [0.15, 0.2) is 5.69 Å². The van der Waals surface area contributed by atoms with Gasteiger partial charge >= 0.3 is 5.97 Å². The summed E-state index contributed by atoms with van der Waals surface area (Å²) in [5.74, 6) is -0.334. The average Bonchev–Trinajstić information content (AvgIpc) is 2.78. The molecule has 0 spiro atoms. The van der Waals surface area contributed by atoms with Gasteiger partial charge in [0, 0.05) is 7.05 Å². The van der Waals surface area contributed by atoms with Gasteiger partial charge in [-0.25, -0.2) is 4.79 Å². The van der Waals surface area contributed by atoms with Crippen molar-refractivity contribution in [1.82, 2.24) is 15.0 Å². The molecule has 0 atom stereocenters. The standard InChI is InChI=1S/C8H11N3O2/c1-11-6(4-5-2-3-5)7(8(12)13)9-10-11/h5H,2-4H2,1H3,(H,12,13). The van der Waals surface area contributed by atoms with E-state index in [0.29, 0.717) is 5.92 Å². The Morgan fingerprint density at radius 3 is 2.92 bits per heavy atom. The van der Waals surface area contributed by atoms with Crippen molar-refractivity contribution in [3.05, 3.63) is 11.4 Å². The van der Waals surface area contributed by atoms with Gasteiger partial charge < -0.3 is 5.11 Å². The molecule has 0 saturated heterocycles. The minimum absolute atomic E-state index is 0.106. The number of hydrogen-bond acceptors (Lipinski definition) is 3. The maximum atomic E-state index is 10.7. The van der Waals surface area contributed by atoms with E-state index >= 15 is 0 Å². The lowest BCUT2D eigenvalue weighted by molar-refractivity contribution is 0.0689. The molecule has 70 valence electrons. The topological polar surface area (TPSA) is 68.0 Å². The molecule has 1 heterocycles. The van der Waals surface area contributed by atoms with E-state index in [2.05, 4.69) is 10.3 Å². The van der Waals surface area contributed by atoms with Crippen molar-refractivity contribution in [2.45, 2.75) is 19.3 Å². The Kier molecular flexibility index (Phi) is 1.79. The maximum absolute atomic E-state index is 10.7. The SMILES string of the molecule is Cn1nnc(C(=O)O)c1CC1CC1. The van der Waals surface area contributed by atoms with Crippen molar-refractivity contribution in [3.8, 4) is 0 Å². The lowest BCUT2D eigenvalue weighted by atomic mass is 10.2. The highest BCUT2D eigenvalue weighted by atomic mass is 16.4. The summed E-state index contributed by atoms with van der Waals surface area (Å²) in [6, 6.07) is 0. The van der Waals surface area contributed by atoms with Crippen LogP contribution in [-0.4, -0.2) is 26.1 Å². The van der Waals surface area contributed by atoms with E-state index in [-0.39, 0.29) is 5.69 Å². The van der Waals surface area contributed by atoms with Crippen LogP contribution in [0, 0.1) is 5.92 Å². The highest BCUT2D eigenvalue weighted by molar-refractivity contribution is 5.86. The van der Waals surface area contributed by atoms with Crippen LogP contribution in [0.3, 0.4) is 0 Å². The number of aromatic nitrogens is 3. The van der Waals surface area contributed by atoms with Gasteiger partial charge in [0.2, 0.25) is 0 Å². The Morgan fingerprint density at radius 2 is 2.38 bits per heavy atom. The molecule has 5 heteroatoms. The summed E-state index contributed by atoms with van der Waals surface area (Å²) >= 11 is 0. The molecular weight excluding hydrogens is 170 g/mol. The summed E-state index contributed by atoms with van der Waals surface area (Å²) in [7, 11) is 1.73. The Balaban J connectivity index is 2.27. The molecule has 13 heavy (non-hydrogen) atoms. The number of carbonyl (C=O) groups is 1. The van der Waals surface area contributed by atoms with Crippen molar-refractivity contribution in [2.75, 3.05) is 0 Å². The number of hydrogen-bond donors (Lipinski definition) is 1. The fraction of sp³-hybridized carbons (Fsp3) is 0.625. The second-order valence-electron chi connectivity index (χ2n) is 3.46. The summed E-state index contributed by atoms with van der Waals surface area (Å²) in [5, 5.41) is 16.1. The largest absolute Gasteiger partial charge is 0.476 e. The van der Waals surface area contributed by atoms with E-state index in [9.17, 15) is 4.79 Å². The van der Waals surface area contributed by atoms with Crippen molar-refractivity contribution >= 4 is 5.97 Å². The van der Waals surface area contributed by atoms with E-state index < -0.39 is 5.97 Å². The molecule has 0 aromatic carbocycles. The molecule has 2 rings (SSSR count). The molecule has 1 aromatic heterocycles. The predicted octanol–water partition coefficient (Wildman–Crippen LogP) is 0.466. The number of carboxylic acid groups (broad SMARTS) is 1. The summed E-state index contributed by atoms with van der Waals surface area (Å²) in [6.07, 6.45) is 3.19. The van der Waals surface area contributed by atoms with Crippen LogP contribution in [0.2, 0.25) is 0 Å². The highest BCUT2D eigenvalue weighted by Crippen LogP contribution is 2.32. The Labute approximate surface area is 75.4 Å². The smallest absolute Gasteiger partial charge is 0.358 e. The number of carboxylic acids is 1. The first-order valence-electron chi connectivity index (χ1n) is 4.30. The van der Waals surface area contributed by atoms with Gasteiger partial charge in [-0.15, -0.1) is 5.10 Å². The summed E-state index contributed by atoms with van der Waals surface area (Å²) < 4.78 is 1.56. The van der Waals surface area contributed by atoms with Crippen LogP contribution < -0.4 is 0 Å². The van der Waals surface area contributed by atoms with Crippen molar-refractivity contribution in [2.24, 2.45) is 13.0 Å². The lowest BCUT2D eigenvalue weighted by Gasteiger charge is -1.99. The molecule has 5 nitrogen and oxygen atoms in total. The Bertz CT molecular complexity index is 341.